The summed E-state index contributed by atoms with van der Waals surface area (Å²) in [4.78, 5) is 4.20. The maximum Gasteiger partial charge on any atom is 0.0409 e. The highest BCUT2D eigenvalue weighted by atomic mass is 127. The van der Waals surface area contributed by atoms with Crippen molar-refractivity contribution in [3.8, 4) is 11.1 Å². The van der Waals surface area contributed by atoms with Crippen LogP contribution in [0.15, 0.2) is 54.9 Å². The lowest BCUT2D eigenvalue weighted by molar-refractivity contribution is 1.15. The molecule has 3 aromatic rings. The molecule has 0 saturated heterocycles. The number of rotatable bonds is 2. The molecule has 1 heterocycles. The maximum atomic E-state index is 6.15. The predicted molar refractivity (Wildman–Crippen MR) is 94.6 cm³/mol. The van der Waals surface area contributed by atoms with Crippen molar-refractivity contribution in [1.29, 1.82) is 0 Å². The average molecular weight is 394 g/mol. The number of hydrogen-bond donors (Lipinski definition) is 0. The Balaban J connectivity index is 2.31. The van der Waals surface area contributed by atoms with Gasteiger partial charge in [-0.3, -0.25) is 4.98 Å². The third-order valence-corrected chi connectivity index (χ3v) is 4.32. The molecule has 3 heteroatoms. The van der Waals surface area contributed by atoms with Crippen molar-refractivity contribution in [2.75, 3.05) is 0 Å². The first-order valence-electron chi connectivity index (χ1n) is 6.43. The van der Waals surface area contributed by atoms with E-state index in [0.29, 0.717) is 3.92 Å². The minimum absolute atomic E-state index is 0.401. The van der Waals surface area contributed by atoms with Gasteiger partial charge in [-0.2, -0.15) is 0 Å². The van der Waals surface area contributed by atoms with Crippen LogP contribution < -0.4 is 0 Å². The molecule has 100 valence electrons. The van der Waals surface area contributed by atoms with E-state index in [1.54, 1.807) is 0 Å². The van der Waals surface area contributed by atoms with Gasteiger partial charge in [0.2, 0.25) is 0 Å². The number of alkyl halides is 1. The van der Waals surface area contributed by atoms with Crippen molar-refractivity contribution in [3.05, 3.63) is 65.4 Å². The zero-order chi connectivity index (χ0) is 14.1. The molecule has 1 unspecified atom stereocenters. The fraction of sp³-hybridized carbons (Fsp3) is 0.118. The van der Waals surface area contributed by atoms with Crippen LogP contribution in [-0.4, -0.2) is 4.98 Å². The molecule has 1 nitrogen and oxygen atoms in total. The van der Waals surface area contributed by atoms with Crippen LogP contribution in [0.3, 0.4) is 0 Å². The van der Waals surface area contributed by atoms with E-state index in [0.717, 1.165) is 10.4 Å². The molecule has 0 aliphatic heterocycles. The fourth-order valence-electron chi connectivity index (χ4n) is 2.47. The van der Waals surface area contributed by atoms with E-state index in [2.05, 4.69) is 70.9 Å². The minimum Gasteiger partial charge on any atom is -0.264 e. The van der Waals surface area contributed by atoms with Crippen molar-refractivity contribution < 1.29 is 0 Å². The lowest BCUT2D eigenvalue weighted by Gasteiger charge is -2.14. The molecule has 0 bridgehead atoms. The molecule has 0 radical (unpaired) electrons. The van der Waals surface area contributed by atoms with Crippen LogP contribution in [0.5, 0.6) is 0 Å². The Morgan fingerprint density at radius 1 is 1.10 bits per heavy atom. The molecule has 0 N–H and O–H groups in total. The van der Waals surface area contributed by atoms with Crippen LogP contribution in [0.1, 0.15) is 16.4 Å². The van der Waals surface area contributed by atoms with Gasteiger partial charge in [-0.1, -0.05) is 58.5 Å². The average Bonchev–Trinajstić information content (AvgIpc) is 2.46. The number of hydrogen-bond acceptors (Lipinski definition) is 1. The summed E-state index contributed by atoms with van der Waals surface area (Å²) in [7, 11) is 0. The normalized spacial score (nSPS) is 12.6. The highest BCUT2D eigenvalue weighted by Crippen LogP contribution is 2.37. The molecule has 0 saturated carbocycles. The van der Waals surface area contributed by atoms with Crippen LogP contribution in [-0.2, 0) is 0 Å². The fourth-order valence-corrected chi connectivity index (χ4v) is 3.16. The predicted octanol–water partition coefficient (Wildman–Crippen LogP) is 6.05. The van der Waals surface area contributed by atoms with E-state index in [9.17, 15) is 0 Å². The standard InChI is InChI=1S/C17H13ClIN/c1-11(19)17-9-13(18)5-6-16(17)15-4-2-3-12-10-20-8-7-14(12)15/h2-11H,1H3. The second-order valence-electron chi connectivity index (χ2n) is 4.75. The van der Waals surface area contributed by atoms with Gasteiger partial charge in [0.05, 0.1) is 0 Å². The SMILES string of the molecule is CC(I)c1cc(Cl)ccc1-c1cccc2cnccc12. The van der Waals surface area contributed by atoms with E-state index in [1.165, 1.54) is 22.1 Å². The molecule has 3 rings (SSSR count). The van der Waals surface area contributed by atoms with Crippen LogP contribution in [0, 0.1) is 0 Å². The van der Waals surface area contributed by atoms with E-state index < -0.39 is 0 Å². The van der Waals surface area contributed by atoms with Gasteiger partial charge in [0.15, 0.2) is 0 Å². The second kappa shape index (κ2) is 5.70. The number of aromatic nitrogens is 1. The molecule has 20 heavy (non-hydrogen) atoms. The largest absolute Gasteiger partial charge is 0.264 e. The Morgan fingerprint density at radius 2 is 1.95 bits per heavy atom. The third kappa shape index (κ3) is 2.54. The summed E-state index contributed by atoms with van der Waals surface area (Å²) >= 11 is 8.58. The third-order valence-electron chi connectivity index (χ3n) is 3.41. The van der Waals surface area contributed by atoms with Crippen molar-refractivity contribution in [2.45, 2.75) is 10.8 Å². The lowest BCUT2D eigenvalue weighted by atomic mass is 9.94. The van der Waals surface area contributed by atoms with Crippen molar-refractivity contribution in [3.63, 3.8) is 0 Å². The van der Waals surface area contributed by atoms with E-state index >= 15 is 0 Å². The van der Waals surface area contributed by atoms with Crippen LogP contribution in [0.2, 0.25) is 5.02 Å². The number of benzene rings is 2. The Hall–Kier alpha value is -1.13. The zero-order valence-corrected chi connectivity index (χ0v) is 13.9. The van der Waals surface area contributed by atoms with E-state index in [-0.39, 0.29) is 0 Å². The van der Waals surface area contributed by atoms with Gasteiger partial charge in [0, 0.05) is 26.7 Å². The van der Waals surface area contributed by atoms with Crippen LogP contribution in [0.4, 0.5) is 0 Å². The lowest BCUT2D eigenvalue weighted by Crippen LogP contribution is -1.91. The topological polar surface area (TPSA) is 12.9 Å². The summed E-state index contributed by atoms with van der Waals surface area (Å²) in [5, 5.41) is 3.17. The van der Waals surface area contributed by atoms with E-state index in [1.807, 2.05) is 18.5 Å². The first kappa shape index (κ1) is 13.8. The van der Waals surface area contributed by atoms with Crippen molar-refractivity contribution in [2.24, 2.45) is 0 Å². The molecule has 1 atom stereocenters. The molecular weight excluding hydrogens is 381 g/mol. The number of halogens is 2. The molecule has 0 aliphatic rings. The molecule has 0 amide bonds. The van der Waals surface area contributed by atoms with Crippen LogP contribution >= 0.6 is 34.2 Å². The molecule has 2 aromatic carbocycles. The first-order chi connectivity index (χ1) is 9.66. The van der Waals surface area contributed by atoms with Gasteiger partial charge in [-0.05, 0) is 47.2 Å². The van der Waals surface area contributed by atoms with Gasteiger partial charge in [0.1, 0.15) is 0 Å². The van der Waals surface area contributed by atoms with Crippen molar-refractivity contribution in [1.82, 2.24) is 4.98 Å². The quantitative estimate of drug-likeness (QED) is 0.381. The van der Waals surface area contributed by atoms with Gasteiger partial charge < -0.3 is 0 Å². The highest BCUT2D eigenvalue weighted by Gasteiger charge is 2.12. The van der Waals surface area contributed by atoms with Gasteiger partial charge >= 0.3 is 0 Å². The molecule has 0 spiro atoms. The smallest absolute Gasteiger partial charge is 0.0409 e. The first-order valence-corrected chi connectivity index (χ1v) is 8.06. The van der Waals surface area contributed by atoms with E-state index in [4.69, 9.17) is 11.6 Å². The monoisotopic (exact) mass is 393 g/mol. The number of pyridine rings is 1. The summed E-state index contributed by atoms with van der Waals surface area (Å²) in [5.41, 5.74) is 3.75. The van der Waals surface area contributed by atoms with Gasteiger partial charge in [0.25, 0.3) is 0 Å². The second-order valence-corrected chi connectivity index (χ2v) is 7.05. The zero-order valence-electron chi connectivity index (χ0n) is 11.0. The Bertz CT molecular complexity index is 763. The maximum absolute atomic E-state index is 6.15. The summed E-state index contributed by atoms with van der Waals surface area (Å²) in [5.74, 6) is 0. The Kier molecular flexibility index (Phi) is 3.94. The van der Waals surface area contributed by atoms with Crippen molar-refractivity contribution >= 4 is 45.0 Å². The Morgan fingerprint density at radius 3 is 2.75 bits per heavy atom. The number of nitrogens with zero attached hydrogens (tertiary/aromatic N) is 1. The molecule has 0 aliphatic carbocycles. The van der Waals surface area contributed by atoms with Gasteiger partial charge in [-0.25, -0.2) is 0 Å². The summed E-state index contributed by atoms with van der Waals surface area (Å²) in [6.45, 7) is 2.18. The molecule has 1 aromatic heterocycles. The molecule has 0 fully saturated rings. The summed E-state index contributed by atoms with van der Waals surface area (Å²) < 4.78 is 0.401. The van der Waals surface area contributed by atoms with Gasteiger partial charge in [-0.15, -0.1) is 0 Å². The highest BCUT2D eigenvalue weighted by molar-refractivity contribution is 14.1. The number of fused-ring (bicyclic) bond motifs is 1. The summed E-state index contributed by atoms with van der Waals surface area (Å²) in [6.07, 6.45) is 3.75. The minimum atomic E-state index is 0.401. The van der Waals surface area contributed by atoms with Crippen LogP contribution in [0.25, 0.3) is 21.9 Å². The Labute approximate surface area is 137 Å². The summed E-state index contributed by atoms with van der Waals surface area (Å²) in [6, 6.07) is 14.5. The molecular formula is C17H13ClIN.